The number of aromatic amines is 1. The monoisotopic (exact) mass is 358 g/mol. The van der Waals surface area contributed by atoms with Crippen LogP contribution < -0.4 is 19.5 Å². The fourth-order valence-corrected chi connectivity index (χ4v) is 2.82. The Morgan fingerprint density at radius 2 is 1.77 bits per heavy atom. The number of aromatic nitrogens is 1. The molecule has 2 N–H and O–H groups in total. The van der Waals surface area contributed by atoms with Gasteiger partial charge in [0.05, 0.1) is 37.8 Å². The van der Waals surface area contributed by atoms with Gasteiger partial charge in [-0.3, -0.25) is 4.79 Å². The number of rotatable bonds is 6. The molecule has 6 nitrogen and oxygen atoms in total. The normalized spacial score (nSPS) is 10.6. The van der Waals surface area contributed by atoms with E-state index in [0.717, 1.165) is 5.56 Å². The van der Waals surface area contributed by atoms with E-state index < -0.39 is 0 Å². The van der Waals surface area contributed by atoms with E-state index in [1.807, 2.05) is 0 Å². The van der Waals surface area contributed by atoms with Crippen molar-refractivity contribution in [3.05, 3.63) is 53.5 Å². The first kappa shape index (κ1) is 17.6. The maximum absolute atomic E-state index is 13.0. The van der Waals surface area contributed by atoms with E-state index in [9.17, 15) is 9.18 Å². The standard InChI is InChI=1S/C19H19FN2O4/c1-24-15-8-14-16(18(26-3)17(15)25-2)13(10-21-14)19(23)22-9-11-4-6-12(20)7-5-11/h4-8,10,21H,9H2,1-3H3,(H,22,23). The van der Waals surface area contributed by atoms with Gasteiger partial charge in [-0.1, -0.05) is 12.1 Å². The molecule has 0 spiro atoms. The molecule has 2 aromatic carbocycles. The molecule has 0 bridgehead atoms. The van der Waals surface area contributed by atoms with Gasteiger partial charge in [-0.15, -0.1) is 0 Å². The van der Waals surface area contributed by atoms with E-state index in [2.05, 4.69) is 10.3 Å². The lowest BCUT2D eigenvalue weighted by atomic mass is 10.1. The van der Waals surface area contributed by atoms with Gasteiger partial charge >= 0.3 is 0 Å². The molecule has 0 aliphatic rings. The van der Waals surface area contributed by atoms with Gasteiger partial charge in [0.2, 0.25) is 5.75 Å². The number of H-pyrrole nitrogens is 1. The molecule has 0 fully saturated rings. The number of amides is 1. The summed E-state index contributed by atoms with van der Waals surface area (Å²) in [4.78, 5) is 15.7. The molecule has 1 heterocycles. The van der Waals surface area contributed by atoms with Crippen LogP contribution in [0.4, 0.5) is 4.39 Å². The molecule has 136 valence electrons. The lowest BCUT2D eigenvalue weighted by Gasteiger charge is -2.14. The van der Waals surface area contributed by atoms with E-state index in [-0.39, 0.29) is 18.3 Å². The van der Waals surface area contributed by atoms with Crippen LogP contribution in [0.5, 0.6) is 17.2 Å². The molecule has 0 saturated carbocycles. The van der Waals surface area contributed by atoms with Gasteiger partial charge in [-0.25, -0.2) is 4.39 Å². The minimum Gasteiger partial charge on any atom is -0.493 e. The van der Waals surface area contributed by atoms with E-state index in [1.54, 1.807) is 24.4 Å². The summed E-state index contributed by atoms with van der Waals surface area (Å²) in [5, 5.41) is 3.42. The van der Waals surface area contributed by atoms with Crippen LogP contribution in [0.15, 0.2) is 36.5 Å². The molecular formula is C19H19FN2O4. The van der Waals surface area contributed by atoms with Crippen LogP contribution in [-0.4, -0.2) is 32.2 Å². The number of carbonyl (C=O) groups excluding carboxylic acids is 1. The summed E-state index contributed by atoms with van der Waals surface area (Å²) in [5.74, 6) is 0.718. The fourth-order valence-electron chi connectivity index (χ4n) is 2.82. The van der Waals surface area contributed by atoms with E-state index in [0.29, 0.717) is 33.7 Å². The van der Waals surface area contributed by atoms with Crippen LogP contribution in [0.1, 0.15) is 15.9 Å². The average Bonchev–Trinajstić information content (AvgIpc) is 3.09. The van der Waals surface area contributed by atoms with Crippen LogP contribution in [0.3, 0.4) is 0 Å². The third kappa shape index (κ3) is 3.15. The second-order valence-electron chi connectivity index (χ2n) is 5.58. The molecule has 0 unspecified atom stereocenters. The van der Waals surface area contributed by atoms with Gasteiger partial charge in [-0.05, 0) is 17.7 Å². The summed E-state index contributed by atoms with van der Waals surface area (Å²) in [6.45, 7) is 0.279. The van der Waals surface area contributed by atoms with Crippen molar-refractivity contribution in [2.24, 2.45) is 0 Å². The maximum atomic E-state index is 13.0. The summed E-state index contributed by atoms with van der Waals surface area (Å²) in [6, 6.07) is 7.70. The van der Waals surface area contributed by atoms with Crippen molar-refractivity contribution < 1.29 is 23.4 Å². The highest BCUT2D eigenvalue weighted by molar-refractivity contribution is 6.10. The Morgan fingerprint density at radius 1 is 1.08 bits per heavy atom. The Balaban J connectivity index is 1.94. The van der Waals surface area contributed by atoms with Crippen LogP contribution in [0.2, 0.25) is 0 Å². The van der Waals surface area contributed by atoms with Crippen molar-refractivity contribution in [1.29, 1.82) is 0 Å². The summed E-state index contributed by atoms with van der Waals surface area (Å²) in [5.41, 5.74) is 1.90. The van der Waals surface area contributed by atoms with Crippen molar-refractivity contribution in [2.75, 3.05) is 21.3 Å². The van der Waals surface area contributed by atoms with Crippen LogP contribution >= 0.6 is 0 Å². The average molecular weight is 358 g/mol. The zero-order chi connectivity index (χ0) is 18.7. The highest BCUT2D eigenvalue weighted by Crippen LogP contribution is 2.44. The highest BCUT2D eigenvalue weighted by atomic mass is 19.1. The molecule has 1 aromatic heterocycles. The number of hydrogen-bond donors (Lipinski definition) is 2. The number of carbonyl (C=O) groups is 1. The van der Waals surface area contributed by atoms with Crippen molar-refractivity contribution in [2.45, 2.75) is 6.54 Å². The van der Waals surface area contributed by atoms with Crippen LogP contribution in [0, 0.1) is 5.82 Å². The maximum Gasteiger partial charge on any atom is 0.253 e. The van der Waals surface area contributed by atoms with Gasteiger partial charge in [0.15, 0.2) is 11.5 Å². The summed E-state index contributed by atoms with van der Waals surface area (Å²) in [7, 11) is 4.54. The molecule has 7 heteroatoms. The third-order valence-corrected chi connectivity index (χ3v) is 4.08. The van der Waals surface area contributed by atoms with E-state index in [1.165, 1.54) is 33.5 Å². The summed E-state index contributed by atoms with van der Waals surface area (Å²) >= 11 is 0. The van der Waals surface area contributed by atoms with Crippen molar-refractivity contribution >= 4 is 16.8 Å². The Kier molecular flexibility index (Phi) is 4.97. The van der Waals surface area contributed by atoms with Crippen molar-refractivity contribution in [3.8, 4) is 17.2 Å². The quantitative estimate of drug-likeness (QED) is 0.709. The molecule has 1 amide bonds. The molecule has 3 rings (SSSR count). The first-order valence-corrected chi connectivity index (χ1v) is 7.91. The lowest BCUT2D eigenvalue weighted by Crippen LogP contribution is -2.22. The Bertz CT molecular complexity index is 935. The Hall–Kier alpha value is -3.22. The number of methoxy groups -OCH3 is 3. The SMILES string of the molecule is COc1cc2[nH]cc(C(=O)NCc3ccc(F)cc3)c2c(OC)c1OC. The predicted octanol–water partition coefficient (Wildman–Crippen LogP) is 3.26. The van der Waals surface area contributed by atoms with Crippen LogP contribution in [0.25, 0.3) is 10.9 Å². The zero-order valence-electron chi connectivity index (χ0n) is 14.7. The number of fused-ring (bicyclic) bond motifs is 1. The Labute approximate surface area is 149 Å². The smallest absolute Gasteiger partial charge is 0.253 e. The van der Waals surface area contributed by atoms with Crippen molar-refractivity contribution in [3.63, 3.8) is 0 Å². The van der Waals surface area contributed by atoms with Crippen LogP contribution in [-0.2, 0) is 6.54 Å². The second-order valence-corrected chi connectivity index (χ2v) is 5.58. The lowest BCUT2D eigenvalue weighted by molar-refractivity contribution is 0.0952. The molecule has 0 atom stereocenters. The minimum absolute atomic E-state index is 0.279. The van der Waals surface area contributed by atoms with E-state index >= 15 is 0 Å². The molecule has 0 radical (unpaired) electrons. The first-order chi connectivity index (χ1) is 12.6. The molecule has 0 aliphatic carbocycles. The van der Waals surface area contributed by atoms with Gasteiger partial charge in [0.1, 0.15) is 5.82 Å². The van der Waals surface area contributed by atoms with Gasteiger partial charge in [0.25, 0.3) is 5.91 Å². The number of hydrogen-bond acceptors (Lipinski definition) is 4. The third-order valence-electron chi connectivity index (χ3n) is 4.08. The number of halogens is 1. The van der Waals surface area contributed by atoms with Gasteiger partial charge in [-0.2, -0.15) is 0 Å². The number of nitrogens with one attached hydrogen (secondary N) is 2. The van der Waals surface area contributed by atoms with Gasteiger partial charge in [0, 0.05) is 18.8 Å². The first-order valence-electron chi connectivity index (χ1n) is 7.91. The largest absolute Gasteiger partial charge is 0.493 e. The zero-order valence-corrected chi connectivity index (χ0v) is 14.7. The molecule has 3 aromatic rings. The second kappa shape index (κ2) is 7.35. The summed E-state index contributed by atoms with van der Waals surface area (Å²) < 4.78 is 29.1. The van der Waals surface area contributed by atoms with Gasteiger partial charge < -0.3 is 24.5 Å². The number of benzene rings is 2. The van der Waals surface area contributed by atoms with E-state index in [4.69, 9.17) is 14.2 Å². The molecule has 0 saturated heterocycles. The Morgan fingerprint density at radius 3 is 2.38 bits per heavy atom. The predicted molar refractivity (Wildman–Crippen MR) is 95.5 cm³/mol. The fraction of sp³-hybridized carbons (Fsp3) is 0.211. The highest BCUT2D eigenvalue weighted by Gasteiger charge is 2.22. The number of ether oxygens (including phenoxy) is 3. The topological polar surface area (TPSA) is 72.6 Å². The molecule has 0 aliphatic heterocycles. The van der Waals surface area contributed by atoms with Crippen molar-refractivity contribution in [1.82, 2.24) is 10.3 Å². The molecular weight excluding hydrogens is 339 g/mol. The molecule has 26 heavy (non-hydrogen) atoms. The summed E-state index contributed by atoms with van der Waals surface area (Å²) in [6.07, 6.45) is 1.60. The minimum atomic E-state index is -0.317.